The zero-order valence-electron chi connectivity index (χ0n) is 18.2. The minimum absolute atomic E-state index is 0.00164. The van der Waals surface area contributed by atoms with E-state index in [-0.39, 0.29) is 34.8 Å². The number of carbonyl (C=O) groups is 2. The molecule has 0 heterocycles. The van der Waals surface area contributed by atoms with Gasteiger partial charge in [0.15, 0.2) is 6.04 Å². The van der Waals surface area contributed by atoms with E-state index in [9.17, 15) is 22.8 Å². The molecule has 2 aromatic carbocycles. The largest absolute Gasteiger partial charge is 0.412 e. The van der Waals surface area contributed by atoms with Crippen molar-refractivity contribution < 1.29 is 22.8 Å². The quantitative estimate of drug-likeness (QED) is 0.673. The van der Waals surface area contributed by atoms with Crippen molar-refractivity contribution in [3.05, 3.63) is 48.0 Å². The molecule has 5 aliphatic carbocycles. The summed E-state index contributed by atoms with van der Waals surface area (Å²) in [6.07, 6.45) is 0.634. The van der Waals surface area contributed by atoms with Crippen molar-refractivity contribution in [3.63, 3.8) is 0 Å². The van der Waals surface area contributed by atoms with E-state index < -0.39 is 24.0 Å². The maximum Gasteiger partial charge on any atom is 0.412 e. The van der Waals surface area contributed by atoms with Crippen LogP contribution in [0.1, 0.15) is 50.1 Å². The van der Waals surface area contributed by atoms with Crippen LogP contribution in [-0.2, 0) is 9.59 Å². The topological polar surface area (TPSA) is 58.2 Å². The van der Waals surface area contributed by atoms with E-state index in [0.717, 1.165) is 38.5 Å². The van der Waals surface area contributed by atoms with E-state index in [1.165, 1.54) is 6.07 Å². The summed E-state index contributed by atoms with van der Waals surface area (Å²) in [6.45, 7) is 0. The van der Waals surface area contributed by atoms with Gasteiger partial charge in [-0.1, -0.05) is 42.5 Å². The summed E-state index contributed by atoms with van der Waals surface area (Å²) in [5, 5.41) is 6.65. The number of rotatable bonds is 5. The molecule has 5 aliphatic rings. The van der Waals surface area contributed by atoms with Crippen molar-refractivity contribution in [1.29, 1.82) is 0 Å². The Kier molecular flexibility index (Phi) is 4.59. The standard InChI is InChI=1S/C26H27F3N2O2/c27-26(28,29)22(19-7-3-5-15-4-1-2-6-18(15)19)31-23(32)20-16-8-9-17(10-16)21(20)30-24(33)25-11-14(12-25)13-25/h1-7,14,16-17,20-22H,8-13H2,(H,30,33)(H,31,32)/t14?,16-,17+,20+,21+,22-,25?/m0/s1. The lowest BCUT2D eigenvalue weighted by Gasteiger charge is -2.60. The molecule has 0 radical (unpaired) electrons. The van der Waals surface area contributed by atoms with Crippen molar-refractivity contribution >= 4 is 22.6 Å². The van der Waals surface area contributed by atoms with Gasteiger partial charge in [-0.25, -0.2) is 0 Å². The Morgan fingerprint density at radius 1 is 0.970 bits per heavy atom. The summed E-state index contributed by atoms with van der Waals surface area (Å²) >= 11 is 0. The minimum atomic E-state index is -4.64. The van der Waals surface area contributed by atoms with E-state index in [1.807, 2.05) is 0 Å². The Labute approximate surface area is 190 Å². The molecule has 0 saturated heterocycles. The molecule has 0 spiro atoms. The van der Waals surface area contributed by atoms with Crippen molar-refractivity contribution in [2.24, 2.45) is 29.1 Å². The van der Waals surface area contributed by atoms with Gasteiger partial charge in [-0.3, -0.25) is 9.59 Å². The van der Waals surface area contributed by atoms with Crippen LogP contribution < -0.4 is 10.6 Å². The number of benzene rings is 2. The van der Waals surface area contributed by atoms with Gasteiger partial charge in [0.25, 0.3) is 0 Å². The lowest BCUT2D eigenvalue weighted by molar-refractivity contribution is -0.168. The van der Waals surface area contributed by atoms with Crippen molar-refractivity contribution in [3.8, 4) is 0 Å². The van der Waals surface area contributed by atoms with Crippen molar-refractivity contribution in [1.82, 2.24) is 10.6 Å². The SMILES string of the molecule is O=C(N[C@@H](c1cccc2ccccc12)C(F)(F)F)[C@@H]1[C@H]2CC[C@H](C2)[C@H]1NC(=O)C12CC(C1)C2. The third-order valence-corrected chi connectivity index (χ3v) is 8.79. The third-order valence-electron chi connectivity index (χ3n) is 8.79. The summed E-state index contributed by atoms with van der Waals surface area (Å²) in [5.41, 5.74) is -0.225. The van der Waals surface area contributed by atoms with Crippen molar-refractivity contribution in [2.45, 2.75) is 56.8 Å². The van der Waals surface area contributed by atoms with Gasteiger partial charge in [0, 0.05) is 11.5 Å². The van der Waals surface area contributed by atoms with Gasteiger partial charge in [-0.15, -0.1) is 0 Å². The summed E-state index contributed by atoms with van der Waals surface area (Å²) in [5.74, 6) is -0.358. The third kappa shape index (κ3) is 3.26. The zero-order chi connectivity index (χ0) is 23.0. The van der Waals surface area contributed by atoms with E-state index >= 15 is 0 Å². The number of halogens is 3. The van der Waals surface area contributed by atoms with Crippen LogP contribution in [0.2, 0.25) is 0 Å². The number of hydrogen-bond acceptors (Lipinski definition) is 2. The van der Waals surface area contributed by atoms with Gasteiger partial charge < -0.3 is 10.6 Å². The summed E-state index contributed by atoms with van der Waals surface area (Å²) < 4.78 is 42.6. The molecule has 0 aliphatic heterocycles. The molecule has 0 aromatic heterocycles. The van der Waals surface area contributed by atoms with Gasteiger partial charge in [0.1, 0.15) is 0 Å². The lowest BCUT2D eigenvalue weighted by Crippen LogP contribution is -2.63. The van der Waals surface area contributed by atoms with Crippen LogP contribution in [0.15, 0.2) is 42.5 Å². The van der Waals surface area contributed by atoms with Crippen LogP contribution >= 0.6 is 0 Å². The van der Waals surface area contributed by atoms with E-state index in [2.05, 4.69) is 10.6 Å². The number of nitrogens with one attached hydrogen (secondary N) is 2. The summed E-state index contributed by atoms with van der Waals surface area (Å²) in [6, 6.07) is 9.22. The second-order valence-electron chi connectivity index (χ2n) is 10.7. The highest BCUT2D eigenvalue weighted by atomic mass is 19.4. The monoisotopic (exact) mass is 456 g/mol. The van der Waals surface area contributed by atoms with Gasteiger partial charge in [-0.05, 0) is 72.6 Å². The van der Waals surface area contributed by atoms with Crippen LogP contribution in [0.5, 0.6) is 0 Å². The normalized spacial score (nSPS) is 34.9. The maximum absolute atomic E-state index is 14.2. The average Bonchev–Trinajstić information content (AvgIpc) is 3.30. The Hall–Kier alpha value is -2.57. The first kappa shape index (κ1) is 21.0. The highest BCUT2D eigenvalue weighted by Crippen LogP contribution is 2.64. The molecule has 33 heavy (non-hydrogen) atoms. The number of carbonyl (C=O) groups excluding carboxylic acids is 2. The molecule has 2 amide bonds. The second-order valence-corrected chi connectivity index (χ2v) is 10.7. The number of alkyl halides is 3. The van der Waals surface area contributed by atoms with E-state index in [4.69, 9.17) is 0 Å². The molecule has 7 rings (SSSR count). The smallest absolute Gasteiger partial charge is 0.352 e. The molecular weight excluding hydrogens is 429 g/mol. The molecule has 5 saturated carbocycles. The van der Waals surface area contributed by atoms with Crippen LogP contribution in [0.4, 0.5) is 13.2 Å². The first-order valence-corrected chi connectivity index (χ1v) is 11.9. The minimum Gasteiger partial charge on any atom is -0.352 e. The van der Waals surface area contributed by atoms with E-state index in [0.29, 0.717) is 16.7 Å². The summed E-state index contributed by atoms with van der Waals surface area (Å²) in [4.78, 5) is 26.3. The van der Waals surface area contributed by atoms with Crippen LogP contribution in [0.3, 0.4) is 0 Å². The van der Waals surface area contributed by atoms with Crippen LogP contribution in [0.25, 0.3) is 10.8 Å². The maximum atomic E-state index is 14.2. The molecule has 0 unspecified atom stereocenters. The molecule has 4 bridgehead atoms. The Balaban J connectivity index is 1.27. The molecule has 5 atom stereocenters. The first-order chi connectivity index (χ1) is 15.7. The molecule has 4 nitrogen and oxygen atoms in total. The number of fused-ring (bicyclic) bond motifs is 3. The second kappa shape index (κ2) is 7.21. The Morgan fingerprint density at radius 3 is 2.36 bits per heavy atom. The molecule has 2 N–H and O–H groups in total. The molecule has 2 aromatic rings. The highest BCUT2D eigenvalue weighted by Gasteiger charge is 2.62. The number of hydrogen-bond donors (Lipinski definition) is 2. The number of amides is 2. The fourth-order valence-electron chi connectivity index (χ4n) is 7.01. The van der Waals surface area contributed by atoms with Crippen LogP contribution in [0, 0.1) is 29.1 Å². The zero-order valence-corrected chi connectivity index (χ0v) is 18.2. The van der Waals surface area contributed by atoms with Gasteiger partial charge in [-0.2, -0.15) is 13.2 Å². The first-order valence-electron chi connectivity index (χ1n) is 11.9. The van der Waals surface area contributed by atoms with Crippen LogP contribution in [-0.4, -0.2) is 24.0 Å². The lowest BCUT2D eigenvalue weighted by atomic mass is 9.44. The molecule has 7 heteroatoms. The highest BCUT2D eigenvalue weighted by molar-refractivity contribution is 5.89. The fourth-order valence-corrected chi connectivity index (χ4v) is 7.01. The predicted octanol–water partition coefficient (Wildman–Crippen LogP) is 4.89. The van der Waals surface area contributed by atoms with E-state index in [1.54, 1.807) is 36.4 Å². The fraction of sp³-hybridized carbons (Fsp3) is 0.538. The molecular formula is C26H27F3N2O2. The van der Waals surface area contributed by atoms with Crippen molar-refractivity contribution in [2.75, 3.05) is 0 Å². The average molecular weight is 457 g/mol. The van der Waals surface area contributed by atoms with Gasteiger partial charge >= 0.3 is 6.18 Å². The summed E-state index contributed by atoms with van der Waals surface area (Å²) in [7, 11) is 0. The Morgan fingerprint density at radius 2 is 1.67 bits per heavy atom. The predicted molar refractivity (Wildman–Crippen MR) is 117 cm³/mol. The Bertz CT molecular complexity index is 1110. The van der Waals surface area contributed by atoms with Gasteiger partial charge in [0.2, 0.25) is 11.8 Å². The van der Waals surface area contributed by atoms with Gasteiger partial charge in [0.05, 0.1) is 5.92 Å². The molecule has 5 fully saturated rings. The molecule has 174 valence electrons.